The molecule has 1 saturated carbocycles. The van der Waals surface area contributed by atoms with E-state index in [0.717, 1.165) is 37.5 Å². The summed E-state index contributed by atoms with van der Waals surface area (Å²) in [4.78, 5) is 114. The normalized spacial score (nSPS) is 15.7. The third kappa shape index (κ3) is 13.7. The van der Waals surface area contributed by atoms with Gasteiger partial charge in [-0.15, -0.1) is 0 Å². The molecular weight excluding hydrogens is 803 g/mol. The standard InChI is InChI=1S/C39H55N9O11S/c1-6-24(5)33(45-34(50)27(19-23(3)4)43-35(51)29-22-41-17-18-42-29)36(52)44-28(20-25-13-9-8-10-14-25)38(54)47(32(49)21-26(40)7-2)39(55)37(53)46-60(58,59)31-16-12-11-15-30(31)48(56)57/h11-12,15-18,22-28,33H,6-10,13-14,19-21,40H2,1-5H3,(H,43,51)(H,44,52)(H,45,50)(H,46,53)/t24-,26?,27-,28-,33-/m0/s1. The van der Waals surface area contributed by atoms with Crippen molar-refractivity contribution >= 4 is 57.1 Å². The van der Waals surface area contributed by atoms with Crippen molar-refractivity contribution in [3.8, 4) is 0 Å². The second-order valence-corrected chi connectivity index (χ2v) is 17.0. The molecule has 20 nitrogen and oxygen atoms in total. The summed E-state index contributed by atoms with van der Waals surface area (Å²) < 4.78 is 27.8. The minimum Gasteiger partial charge on any atom is -0.342 e. The van der Waals surface area contributed by atoms with E-state index in [1.165, 1.54) is 29.4 Å². The lowest BCUT2D eigenvalue weighted by Crippen LogP contribution is -2.61. The fourth-order valence-corrected chi connectivity index (χ4v) is 7.77. The molecule has 0 saturated heterocycles. The van der Waals surface area contributed by atoms with E-state index in [2.05, 4.69) is 25.9 Å². The third-order valence-corrected chi connectivity index (χ3v) is 11.6. The fraction of sp³-hybridized carbons (Fsp3) is 0.564. The van der Waals surface area contributed by atoms with Crippen molar-refractivity contribution in [2.75, 3.05) is 0 Å². The van der Waals surface area contributed by atoms with E-state index in [1.807, 2.05) is 13.8 Å². The van der Waals surface area contributed by atoms with Crippen LogP contribution < -0.4 is 26.4 Å². The second kappa shape index (κ2) is 22.6. The molecule has 1 fully saturated rings. The quantitative estimate of drug-likeness (QED) is 0.0768. The molecule has 328 valence electrons. The summed E-state index contributed by atoms with van der Waals surface area (Å²) in [7, 11) is -5.11. The van der Waals surface area contributed by atoms with Crippen molar-refractivity contribution < 1.29 is 46.9 Å². The van der Waals surface area contributed by atoms with Gasteiger partial charge in [0.15, 0.2) is 4.90 Å². The van der Waals surface area contributed by atoms with Crippen LogP contribution in [0.1, 0.15) is 109 Å². The molecule has 3 rings (SSSR count). The molecule has 2 aromatic rings. The van der Waals surface area contributed by atoms with Crippen LogP contribution in [0.2, 0.25) is 0 Å². The van der Waals surface area contributed by atoms with Gasteiger partial charge in [0.05, 0.1) is 11.1 Å². The van der Waals surface area contributed by atoms with Crippen LogP contribution in [0.5, 0.6) is 0 Å². The zero-order valence-electron chi connectivity index (χ0n) is 34.4. The van der Waals surface area contributed by atoms with Crippen LogP contribution >= 0.6 is 0 Å². The van der Waals surface area contributed by atoms with Crippen LogP contribution in [-0.4, -0.2) is 93.7 Å². The minimum absolute atomic E-state index is 0.0412. The zero-order chi connectivity index (χ0) is 44.7. The van der Waals surface area contributed by atoms with Gasteiger partial charge in [-0.3, -0.25) is 48.7 Å². The van der Waals surface area contributed by atoms with E-state index in [0.29, 0.717) is 19.3 Å². The summed E-state index contributed by atoms with van der Waals surface area (Å²) in [5.74, 6) is -9.62. The first-order valence-electron chi connectivity index (χ1n) is 20.0. The van der Waals surface area contributed by atoms with E-state index in [9.17, 15) is 52.1 Å². The van der Waals surface area contributed by atoms with Crippen molar-refractivity contribution in [3.63, 3.8) is 0 Å². The Labute approximate surface area is 348 Å². The average molecular weight is 858 g/mol. The van der Waals surface area contributed by atoms with Gasteiger partial charge in [0, 0.05) is 30.9 Å². The number of hydrogen-bond donors (Lipinski definition) is 5. The number of nitrogens with zero attached hydrogens (tertiary/aromatic N) is 4. The SMILES string of the molecule is CCC(N)CC(=O)N(C(=O)C(=O)NS(=O)(=O)c1ccccc1[N+](=O)[O-])C(=O)[C@H](CC1CCCCC1)NC(=O)[C@@H](NC(=O)[C@H](CC(C)C)NC(=O)c1cnccn1)[C@@H](C)CC. The Kier molecular flexibility index (Phi) is 18.3. The first kappa shape index (κ1) is 48.7. The molecule has 21 heteroatoms. The molecule has 1 aliphatic carbocycles. The van der Waals surface area contributed by atoms with Crippen molar-refractivity contribution in [3.05, 3.63) is 58.7 Å². The smallest absolute Gasteiger partial charge is 0.326 e. The molecule has 1 aromatic heterocycles. The van der Waals surface area contributed by atoms with Crippen LogP contribution in [0.3, 0.4) is 0 Å². The zero-order valence-corrected chi connectivity index (χ0v) is 35.2. The number of sulfonamides is 1. The number of aromatic nitrogens is 2. The first-order chi connectivity index (χ1) is 28.3. The number of nitro groups is 1. The van der Waals surface area contributed by atoms with Crippen LogP contribution in [-0.2, 0) is 38.8 Å². The predicted octanol–water partition coefficient (Wildman–Crippen LogP) is 2.03. The van der Waals surface area contributed by atoms with Crippen molar-refractivity contribution in [1.29, 1.82) is 0 Å². The highest BCUT2D eigenvalue weighted by Crippen LogP contribution is 2.28. The number of imide groups is 3. The van der Waals surface area contributed by atoms with Crippen LogP contribution in [0.4, 0.5) is 5.69 Å². The van der Waals surface area contributed by atoms with E-state index in [4.69, 9.17) is 5.73 Å². The van der Waals surface area contributed by atoms with Gasteiger partial charge < -0.3 is 21.7 Å². The summed E-state index contributed by atoms with van der Waals surface area (Å²) in [6.07, 6.45) is 7.68. The highest BCUT2D eigenvalue weighted by molar-refractivity contribution is 7.90. The minimum atomic E-state index is -5.11. The van der Waals surface area contributed by atoms with Crippen molar-refractivity contribution in [2.24, 2.45) is 23.5 Å². The number of para-hydroxylation sites is 1. The van der Waals surface area contributed by atoms with E-state index >= 15 is 0 Å². The van der Waals surface area contributed by atoms with Gasteiger partial charge in [0.25, 0.3) is 27.5 Å². The topological polar surface area (TPSA) is 300 Å². The molecule has 0 spiro atoms. The summed E-state index contributed by atoms with van der Waals surface area (Å²) in [6.45, 7) is 8.72. The number of hydrogen-bond acceptors (Lipinski definition) is 14. The average Bonchev–Trinajstić information content (AvgIpc) is 3.22. The van der Waals surface area contributed by atoms with Crippen molar-refractivity contribution in [2.45, 2.75) is 128 Å². The Hall–Kier alpha value is -5.70. The Morgan fingerprint density at radius 1 is 0.917 bits per heavy atom. The molecule has 60 heavy (non-hydrogen) atoms. The number of amides is 7. The van der Waals surface area contributed by atoms with E-state index in [1.54, 1.807) is 20.8 Å². The van der Waals surface area contributed by atoms with Gasteiger partial charge >= 0.3 is 11.8 Å². The molecular formula is C39H55N9O11S. The third-order valence-electron chi connectivity index (χ3n) is 10.2. The number of nitrogens with two attached hydrogens (primary N) is 1. The lowest BCUT2D eigenvalue weighted by molar-refractivity contribution is -0.387. The lowest BCUT2D eigenvalue weighted by atomic mass is 9.84. The van der Waals surface area contributed by atoms with Crippen molar-refractivity contribution in [1.82, 2.24) is 35.5 Å². The maximum absolute atomic E-state index is 14.5. The maximum atomic E-state index is 14.5. The first-order valence-corrected chi connectivity index (χ1v) is 21.4. The number of benzene rings is 1. The van der Waals surface area contributed by atoms with E-state index < -0.39 is 103 Å². The van der Waals surface area contributed by atoms with Crippen LogP contribution in [0.15, 0.2) is 47.8 Å². The van der Waals surface area contributed by atoms with Gasteiger partial charge in [0.2, 0.25) is 17.7 Å². The van der Waals surface area contributed by atoms with Gasteiger partial charge in [-0.1, -0.05) is 85.3 Å². The number of carbonyl (C=O) groups is 7. The molecule has 6 N–H and O–H groups in total. The Morgan fingerprint density at radius 2 is 1.58 bits per heavy atom. The van der Waals surface area contributed by atoms with Crippen LogP contribution in [0, 0.1) is 27.9 Å². The lowest BCUT2D eigenvalue weighted by Gasteiger charge is -2.32. The highest BCUT2D eigenvalue weighted by Gasteiger charge is 2.42. The number of nitrogens with one attached hydrogen (secondary N) is 4. The molecule has 1 heterocycles. The largest absolute Gasteiger partial charge is 0.342 e. The Bertz CT molecular complexity index is 1990. The second-order valence-electron chi connectivity index (χ2n) is 15.3. The molecule has 0 bridgehead atoms. The molecule has 5 atom stereocenters. The summed E-state index contributed by atoms with van der Waals surface area (Å²) in [5, 5.41) is 19.5. The van der Waals surface area contributed by atoms with E-state index in [-0.39, 0.29) is 41.7 Å². The Balaban J connectivity index is 2.00. The van der Waals surface area contributed by atoms with Gasteiger partial charge in [-0.25, -0.2) is 23.0 Å². The monoisotopic (exact) mass is 857 g/mol. The van der Waals surface area contributed by atoms with Gasteiger partial charge in [-0.05, 0) is 43.1 Å². The maximum Gasteiger partial charge on any atom is 0.326 e. The predicted molar refractivity (Wildman–Crippen MR) is 215 cm³/mol. The van der Waals surface area contributed by atoms with Crippen LogP contribution in [0.25, 0.3) is 0 Å². The summed E-state index contributed by atoms with van der Waals surface area (Å²) in [5.41, 5.74) is 5.04. The molecule has 0 radical (unpaired) electrons. The fourth-order valence-electron chi connectivity index (χ4n) is 6.66. The summed E-state index contributed by atoms with van der Waals surface area (Å²) in [6, 6.07) is -0.961. The number of carbonyl (C=O) groups excluding carboxylic acids is 7. The summed E-state index contributed by atoms with van der Waals surface area (Å²) >= 11 is 0. The highest BCUT2D eigenvalue weighted by atomic mass is 32.2. The number of nitro benzene ring substituents is 1. The molecule has 1 aromatic carbocycles. The molecule has 7 amide bonds. The Morgan fingerprint density at radius 3 is 2.17 bits per heavy atom. The molecule has 1 unspecified atom stereocenters. The number of rotatable bonds is 19. The van der Waals surface area contributed by atoms with Gasteiger partial charge in [-0.2, -0.15) is 0 Å². The molecule has 1 aliphatic rings. The van der Waals surface area contributed by atoms with Gasteiger partial charge in [0.1, 0.15) is 23.8 Å². The molecule has 0 aliphatic heterocycles.